The van der Waals surface area contributed by atoms with E-state index in [4.69, 9.17) is 17.3 Å². The van der Waals surface area contributed by atoms with Crippen LogP contribution in [0.1, 0.15) is 17.2 Å². The number of halogens is 2. The van der Waals surface area contributed by atoms with Crippen LogP contribution in [0.4, 0.5) is 0 Å². The fraction of sp³-hybridized carbons (Fsp3) is 0.333. The van der Waals surface area contributed by atoms with Gasteiger partial charge in [-0.25, -0.2) is 0 Å². The molecule has 1 aliphatic heterocycles. The highest BCUT2D eigenvalue weighted by Crippen LogP contribution is 2.36. The maximum Gasteiger partial charge on any atom is 0.0460 e. The average Bonchev–Trinajstić information content (AvgIpc) is 2.07. The van der Waals surface area contributed by atoms with Gasteiger partial charge >= 0.3 is 0 Å². The molecule has 0 spiro atoms. The Kier molecular flexibility index (Phi) is 2.88. The topological polar surface area (TPSA) is 26.0 Å². The summed E-state index contributed by atoms with van der Waals surface area (Å²) in [6.45, 7) is 0. The summed E-state index contributed by atoms with van der Waals surface area (Å²) < 4.78 is 1.01. The Morgan fingerprint density at radius 3 is 3.08 bits per heavy atom. The minimum atomic E-state index is 0.128. The molecule has 1 aromatic rings. The number of hydrogen-bond acceptors (Lipinski definition) is 2. The van der Waals surface area contributed by atoms with E-state index in [0.29, 0.717) is 0 Å². The summed E-state index contributed by atoms with van der Waals surface area (Å²) >= 11 is 11.4. The molecular formula is C9H9BrClNS. The van der Waals surface area contributed by atoms with Crippen LogP contribution in [0.15, 0.2) is 16.6 Å². The molecule has 1 heterocycles. The van der Waals surface area contributed by atoms with Gasteiger partial charge in [-0.1, -0.05) is 27.5 Å². The van der Waals surface area contributed by atoms with E-state index in [-0.39, 0.29) is 6.04 Å². The van der Waals surface area contributed by atoms with Crippen molar-refractivity contribution in [2.45, 2.75) is 11.8 Å². The van der Waals surface area contributed by atoms with E-state index >= 15 is 0 Å². The van der Waals surface area contributed by atoms with Crippen molar-refractivity contribution in [2.24, 2.45) is 5.73 Å². The molecule has 0 aromatic heterocycles. The number of thioether (sulfide) groups is 1. The first kappa shape index (κ1) is 9.84. The molecule has 70 valence electrons. The summed E-state index contributed by atoms with van der Waals surface area (Å²) in [5.74, 6) is 1.97. The van der Waals surface area contributed by atoms with Crippen molar-refractivity contribution in [3.8, 4) is 0 Å². The number of rotatable bonds is 0. The molecule has 1 aliphatic rings. The minimum absolute atomic E-state index is 0.128. The van der Waals surface area contributed by atoms with Gasteiger partial charge in [0.25, 0.3) is 0 Å². The second-order valence-corrected chi connectivity index (χ2v) is 5.43. The highest BCUT2D eigenvalue weighted by molar-refractivity contribution is 9.10. The van der Waals surface area contributed by atoms with Crippen LogP contribution < -0.4 is 5.73 Å². The van der Waals surface area contributed by atoms with Crippen LogP contribution in [-0.4, -0.2) is 5.75 Å². The van der Waals surface area contributed by atoms with Crippen molar-refractivity contribution in [3.63, 3.8) is 0 Å². The predicted octanol–water partition coefficient (Wildman–Crippen LogP) is 3.35. The maximum absolute atomic E-state index is 6.11. The molecule has 1 nitrogen and oxygen atoms in total. The quantitative estimate of drug-likeness (QED) is 0.787. The fourth-order valence-corrected chi connectivity index (χ4v) is 3.54. The highest BCUT2D eigenvalue weighted by Gasteiger charge is 2.19. The van der Waals surface area contributed by atoms with E-state index in [1.807, 2.05) is 17.8 Å². The van der Waals surface area contributed by atoms with Crippen LogP contribution in [0, 0.1) is 0 Å². The van der Waals surface area contributed by atoms with Gasteiger partial charge < -0.3 is 5.73 Å². The molecule has 4 heteroatoms. The Balaban J connectivity index is 2.56. The second kappa shape index (κ2) is 3.81. The van der Waals surface area contributed by atoms with Crippen molar-refractivity contribution >= 4 is 39.3 Å². The molecule has 0 aliphatic carbocycles. The third kappa shape index (κ3) is 1.89. The molecule has 2 rings (SSSR count). The van der Waals surface area contributed by atoms with Gasteiger partial charge in [-0.3, -0.25) is 0 Å². The molecule has 13 heavy (non-hydrogen) atoms. The van der Waals surface area contributed by atoms with Gasteiger partial charge in [-0.15, -0.1) is 0 Å². The van der Waals surface area contributed by atoms with E-state index in [0.717, 1.165) is 21.0 Å². The number of fused-ring (bicyclic) bond motifs is 1. The summed E-state index contributed by atoms with van der Waals surface area (Å²) in [5, 5.41) is 0.826. The van der Waals surface area contributed by atoms with Crippen molar-refractivity contribution < 1.29 is 0 Å². The largest absolute Gasteiger partial charge is 0.323 e. The molecule has 1 aromatic carbocycles. The van der Waals surface area contributed by atoms with Crippen LogP contribution in [0.25, 0.3) is 0 Å². The molecule has 0 amide bonds. The third-order valence-electron chi connectivity index (χ3n) is 2.14. The van der Waals surface area contributed by atoms with Crippen LogP contribution in [0.2, 0.25) is 5.02 Å². The molecular weight excluding hydrogens is 270 g/mol. The maximum atomic E-state index is 6.11. The van der Waals surface area contributed by atoms with E-state index < -0.39 is 0 Å². The fourth-order valence-electron chi connectivity index (χ4n) is 1.48. The zero-order chi connectivity index (χ0) is 9.42. The lowest BCUT2D eigenvalue weighted by molar-refractivity contribution is 0.809. The van der Waals surface area contributed by atoms with Gasteiger partial charge in [0.2, 0.25) is 0 Å². The molecule has 0 saturated heterocycles. The zero-order valence-electron chi connectivity index (χ0n) is 6.89. The zero-order valence-corrected chi connectivity index (χ0v) is 10.0. The summed E-state index contributed by atoms with van der Waals surface area (Å²) in [6, 6.07) is 4.13. The van der Waals surface area contributed by atoms with Crippen LogP contribution >= 0.6 is 39.3 Å². The Hall–Kier alpha value is 0.300. The number of hydrogen-bond donors (Lipinski definition) is 1. The molecule has 0 bridgehead atoms. The van der Waals surface area contributed by atoms with Crippen LogP contribution in [0.3, 0.4) is 0 Å². The van der Waals surface area contributed by atoms with Gasteiger partial charge in [-0.2, -0.15) is 11.8 Å². The first-order chi connectivity index (χ1) is 6.18. The third-order valence-corrected chi connectivity index (χ3v) is 4.02. The standard InChI is InChI=1S/C9H9BrClNS/c10-5-1-6-7(8(11)2-5)3-13-4-9(6)12/h1-2,9H,3-4,12H2/t9-/m0/s1. The van der Waals surface area contributed by atoms with Crippen molar-refractivity contribution in [1.29, 1.82) is 0 Å². The lowest BCUT2D eigenvalue weighted by Gasteiger charge is -2.23. The molecule has 1 atom stereocenters. The summed E-state index contributed by atoms with van der Waals surface area (Å²) in [6.07, 6.45) is 0. The summed E-state index contributed by atoms with van der Waals surface area (Å²) in [4.78, 5) is 0. The second-order valence-electron chi connectivity index (χ2n) is 3.08. The Morgan fingerprint density at radius 2 is 2.31 bits per heavy atom. The van der Waals surface area contributed by atoms with E-state index in [1.165, 1.54) is 11.1 Å². The SMILES string of the molecule is N[C@H]1CSCc2c(Cl)cc(Br)cc21. The Labute approximate surface area is 95.2 Å². The van der Waals surface area contributed by atoms with Crippen LogP contribution in [0.5, 0.6) is 0 Å². The van der Waals surface area contributed by atoms with Gasteiger partial charge in [0.15, 0.2) is 0 Å². The average molecular weight is 279 g/mol. The van der Waals surface area contributed by atoms with Crippen molar-refractivity contribution in [2.75, 3.05) is 5.75 Å². The molecule has 0 radical (unpaired) electrons. The summed E-state index contributed by atoms with van der Waals surface area (Å²) in [7, 11) is 0. The van der Waals surface area contributed by atoms with Gasteiger partial charge in [0, 0.05) is 27.0 Å². The van der Waals surface area contributed by atoms with E-state index in [1.54, 1.807) is 0 Å². The molecule has 0 saturated carbocycles. The first-order valence-electron chi connectivity index (χ1n) is 3.99. The normalized spacial score (nSPS) is 21.3. The molecule has 2 N–H and O–H groups in total. The Bertz CT molecular complexity index is 343. The van der Waals surface area contributed by atoms with E-state index in [2.05, 4.69) is 22.0 Å². The van der Waals surface area contributed by atoms with E-state index in [9.17, 15) is 0 Å². The van der Waals surface area contributed by atoms with Crippen molar-refractivity contribution in [3.05, 3.63) is 32.8 Å². The predicted molar refractivity (Wildman–Crippen MR) is 62.2 cm³/mol. The molecule has 0 fully saturated rings. The number of nitrogens with two attached hydrogens (primary N) is 1. The first-order valence-corrected chi connectivity index (χ1v) is 6.32. The van der Waals surface area contributed by atoms with Crippen molar-refractivity contribution in [1.82, 2.24) is 0 Å². The number of benzene rings is 1. The van der Waals surface area contributed by atoms with Gasteiger partial charge in [-0.05, 0) is 23.3 Å². The lowest BCUT2D eigenvalue weighted by Crippen LogP contribution is -2.19. The highest BCUT2D eigenvalue weighted by atomic mass is 79.9. The van der Waals surface area contributed by atoms with Gasteiger partial charge in [0.05, 0.1) is 0 Å². The summed E-state index contributed by atoms with van der Waals surface area (Å²) in [5.41, 5.74) is 8.38. The smallest absolute Gasteiger partial charge is 0.0460 e. The van der Waals surface area contributed by atoms with Gasteiger partial charge in [0.1, 0.15) is 0 Å². The lowest BCUT2D eigenvalue weighted by atomic mass is 10.0. The minimum Gasteiger partial charge on any atom is -0.323 e. The Morgan fingerprint density at radius 1 is 1.54 bits per heavy atom. The molecule has 0 unspecified atom stereocenters. The monoisotopic (exact) mass is 277 g/mol. The van der Waals surface area contributed by atoms with Crippen LogP contribution in [-0.2, 0) is 5.75 Å².